The second-order valence-corrected chi connectivity index (χ2v) is 6.76. The number of piperidine rings is 1. The van der Waals surface area contributed by atoms with Crippen LogP contribution < -0.4 is 19.7 Å². The van der Waals surface area contributed by atoms with Crippen LogP contribution in [0.25, 0.3) is 0 Å². The van der Waals surface area contributed by atoms with Crippen LogP contribution in [-0.4, -0.2) is 25.8 Å². The number of hydrogen-bond donors (Lipinski definition) is 1. The van der Waals surface area contributed by atoms with Crippen molar-refractivity contribution in [1.82, 2.24) is 0 Å². The second kappa shape index (κ2) is 7.03. The smallest absolute Gasteiger partial charge is 0.255 e. The number of rotatable bonds is 3. The summed E-state index contributed by atoms with van der Waals surface area (Å²) in [5.41, 5.74) is 1.60. The Balaban J connectivity index is 1.61. The molecule has 0 bridgehead atoms. The first kappa shape index (κ1) is 17.0. The number of carbonyl (C=O) groups excluding carboxylic acids is 1. The van der Waals surface area contributed by atoms with Gasteiger partial charge in [-0.3, -0.25) is 4.79 Å². The lowest BCUT2D eigenvalue weighted by molar-refractivity contribution is 0.102. The minimum absolute atomic E-state index is 0.0725. The van der Waals surface area contributed by atoms with E-state index >= 15 is 0 Å². The summed E-state index contributed by atoms with van der Waals surface area (Å²) in [4.78, 5) is 14.9. The van der Waals surface area contributed by atoms with Crippen LogP contribution in [0.3, 0.4) is 0 Å². The highest BCUT2D eigenvalue weighted by Gasteiger charge is 2.22. The third-order valence-corrected chi connectivity index (χ3v) is 4.87. The number of halogens is 2. The molecule has 26 heavy (non-hydrogen) atoms. The number of fused-ring (bicyclic) bond motifs is 1. The average Bonchev–Trinajstić information content (AvgIpc) is 3.12. The molecule has 2 aromatic rings. The van der Waals surface area contributed by atoms with Crippen LogP contribution >= 0.6 is 11.6 Å². The van der Waals surface area contributed by atoms with Crippen molar-refractivity contribution < 1.29 is 18.7 Å². The Bertz CT molecular complexity index is 853. The quantitative estimate of drug-likeness (QED) is 0.859. The molecule has 2 heterocycles. The molecule has 0 atom stereocenters. The summed E-state index contributed by atoms with van der Waals surface area (Å²) in [6.07, 6.45) is 3.36. The highest BCUT2D eigenvalue weighted by atomic mass is 35.5. The summed E-state index contributed by atoms with van der Waals surface area (Å²) in [5, 5.41) is 3.11. The Kier molecular flexibility index (Phi) is 4.59. The average molecular weight is 377 g/mol. The van der Waals surface area contributed by atoms with Crippen LogP contribution in [0.15, 0.2) is 30.3 Å². The van der Waals surface area contributed by atoms with E-state index in [1.165, 1.54) is 24.6 Å². The van der Waals surface area contributed by atoms with E-state index in [0.29, 0.717) is 27.8 Å². The minimum atomic E-state index is -0.398. The largest absolute Gasteiger partial charge is 0.454 e. The van der Waals surface area contributed by atoms with E-state index in [1.807, 2.05) is 0 Å². The number of anilines is 2. The normalized spacial score (nSPS) is 15.8. The van der Waals surface area contributed by atoms with Gasteiger partial charge in [-0.15, -0.1) is 0 Å². The van der Waals surface area contributed by atoms with Gasteiger partial charge in [-0.05, 0) is 49.6 Å². The van der Waals surface area contributed by atoms with E-state index in [-0.39, 0.29) is 12.7 Å². The summed E-state index contributed by atoms with van der Waals surface area (Å²) in [6, 6.07) is 7.56. The molecule has 4 rings (SSSR count). The lowest BCUT2D eigenvalue weighted by Gasteiger charge is -2.30. The number of nitrogens with zero attached hydrogens (tertiary/aromatic N) is 1. The molecule has 0 radical (unpaired) electrons. The fourth-order valence-corrected chi connectivity index (χ4v) is 3.58. The zero-order valence-corrected chi connectivity index (χ0v) is 14.8. The Morgan fingerprint density at radius 2 is 1.92 bits per heavy atom. The molecule has 0 spiro atoms. The number of nitrogens with one attached hydrogen (secondary N) is 1. The Labute approximate surface area is 155 Å². The van der Waals surface area contributed by atoms with Crippen molar-refractivity contribution in [2.75, 3.05) is 30.1 Å². The van der Waals surface area contributed by atoms with Crippen molar-refractivity contribution in [2.24, 2.45) is 0 Å². The van der Waals surface area contributed by atoms with Crippen LogP contribution in [0.2, 0.25) is 5.02 Å². The molecule has 136 valence electrons. The number of benzene rings is 2. The van der Waals surface area contributed by atoms with E-state index in [9.17, 15) is 9.18 Å². The molecular formula is C19H18ClFN2O3. The van der Waals surface area contributed by atoms with Crippen molar-refractivity contribution in [3.8, 4) is 11.5 Å². The molecule has 1 amide bonds. The van der Waals surface area contributed by atoms with Crippen LogP contribution in [0.5, 0.6) is 11.5 Å². The van der Waals surface area contributed by atoms with Crippen molar-refractivity contribution in [1.29, 1.82) is 0 Å². The minimum Gasteiger partial charge on any atom is -0.454 e. The van der Waals surface area contributed by atoms with Gasteiger partial charge in [0.2, 0.25) is 6.79 Å². The molecule has 2 aliphatic heterocycles. The number of ether oxygens (including phenoxy) is 2. The van der Waals surface area contributed by atoms with Gasteiger partial charge in [-0.25, -0.2) is 4.39 Å². The van der Waals surface area contributed by atoms with Gasteiger partial charge in [-0.2, -0.15) is 0 Å². The van der Waals surface area contributed by atoms with Gasteiger partial charge in [0, 0.05) is 18.7 Å². The Morgan fingerprint density at radius 3 is 2.73 bits per heavy atom. The molecule has 1 saturated heterocycles. The highest BCUT2D eigenvalue weighted by molar-refractivity contribution is 6.33. The Morgan fingerprint density at radius 1 is 1.12 bits per heavy atom. The van der Waals surface area contributed by atoms with Gasteiger partial charge in [-0.1, -0.05) is 11.6 Å². The van der Waals surface area contributed by atoms with E-state index in [0.717, 1.165) is 31.6 Å². The van der Waals surface area contributed by atoms with E-state index in [1.54, 1.807) is 12.1 Å². The van der Waals surface area contributed by atoms with Crippen molar-refractivity contribution in [2.45, 2.75) is 19.3 Å². The zero-order chi connectivity index (χ0) is 18.1. The topological polar surface area (TPSA) is 50.8 Å². The summed E-state index contributed by atoms with van der Waals surface area (Å²) < 4.78 is 24.3. The molecule has 2 aromatic carbocycles. The number of carbonyl (C=O) groups is 1. The van der Waals surface area contributed by atoms with Gasteiger partial charge < -0.3 is 19.7 Å². The summed E-state index contributed by atoms with van der Waals surface area (Å²) in [6.45, 7) is 1.86. The molecular weight excluding hydrogens is 359 g/mol. The van der Waals surface area contributed by atoms with Crippen LogP contribution in [-0.2, 0) is 0 Å². The molecule has 1 fully saturated rings. The fourth-order valence-electron chi connectivity index (χ4n) is 3.31. The molecule has 2 aliphatic rings. The summed E-state index contributed by atoms with van der Waals surface area (Å²) >= 11 is 6.15. The van der Waals surface area contributed by atoms with Gasteiger partial charge >= 0.3 is 0 Å². The van der Waals surface area contributed by atoms with Gasteiger partial charge in [0.25, 0.3) is 5.91 Å². The zero-order valence-electron chi connectivity index (χ0n) is 14.1. The standard InChI is InChI=1S/C19H18ClFN2O3/c20-14-8-12(9-17-18(14)26-11-25-17)19(24)22-15-10-13(21)4-5-16(15)23-6-2-1-3-7-23/h4-5,8-10H,1-3,6-7,11H2,(H,22,24). The monoisotopic (exact) mass is 376 g/mol. The molecule has 0 saturated carbocycles. The molecule has 0 unspecified atom stereocenters. The predicted octanol–water partition coefficient (Wildman–Crippen LogP) is 4.45. The summed E-state index contributed by atoms with van der Waals surface area (Å²) in [5.74, 6) is 0.0833. The van der Waals surface area contributed by atoms with E-state index in [2.05, 4.69) is 10.2 Å². The molecule has 0 aliphatic carbocycles. The summed E-state index contributed by atoms with van der Waals surface area (Å²) in [7, 11) is 0. The number of hydrogen-bond acceptors (Lipinski definition) is 4. The second-order valence-electron chi connectivity index (χ2n) is 6.36. The maximum absolute atomic E-state index is 13.8. The first-order chi connectivity index (χ1) is 12.6. The molecule has 1 N–H and O–H groups in total. The molecule has 0 aromatic heterocycles. The van der Waals surface area contributed by atoms with Crippen molar-refractivity contribution in [3.05, 3.63) is 46.7 Å². The van der Waals surface area contributed by atoms with Gasteiger partial charge in [0.05, 0.1) is 16.4 Å². The molecule has 5 nitrogen and oxygen atoms in total. The van der Waals surface area contributed by atoms with Gasteiger partial charge in [0.1, 0.15) is 5.82 Å². The predicted molar refractivity (Wildman–Crippen MR) is 98.0 cm³/mol. The van der Waals surface area contributed by atoms with E-state index in [4.69, 9.17) is 21.1 Å². The van der Waals surface area contributed by atoms with Crippen LogP contribution in [0, 0.1) is 5.82 Å². The first-order valence-corrected chi connectivity index (χ1v) is 8.94. The maximum atomic E-state index is 13.8. The van der Waals surface area contributed by atoms with E-state index < -0.39 is 5.82 Å². The van der Waals surface area contributed by atoms with Crippen LogP contribution in [0.4, 0.5) is 15.8 Å². The SMILES string of the molecule is O=C(Nc1cc(F)ccc1N1CCCCC1)c1cc(Cl)c2c(c1)OCO2. The number of amides is 1. The third-order valence-electron chi connectivity index (χ3n) is 4.59. The lowest BCUT2D eigenvalue weighted by Crippen LogP contribution is -2.30. The molecule has 7 heteroatoms. The lowest BCUT2D eigenvalue weighted by atomic mass is 10.1. The van der Waals surface area contributed by atoms with Crippen molar-refractivity contribution >= 4 is 28.9 Å². The third kappa shape index (κ3) is 3.29. The first-order valence-electron chi connectivity index (χ1n) is 8.57. The maximum Gasteiger partial charge on any atom is 0.255 e. The van der Waals surface area contributed by atoms with Crippen LogP contribution in [0.1, 0.15) is 29.6 Å². The highest BCUT2D eigenvalue weighted by Crippen LogP contribution is 2.40. The van der Waals surface area contributed by atoms with Gasteiger partial charge in [0.15, 0.2) is 11.5 Å². The van der Waals surface area contributed by atoms with Crippen molar-refractivity contribution in [3.63, 3.8) is 0 Å². The fraction of sp³-hybridized carbons (Fsp3) is 0.316. The Hall–Kier alpha value is -2.47.